The van der Waals surface area contributed by atoms with E-state index in [0.29, 0.717) is 0 Å². The second-order valence-electron chi connectivity index (χ2n) is 9.00. The minimum atomic E-state index is 0. The standard InChI is InChI=1S/C31H46N2.Pd/c1-7-13-15-17-31(33-29-21-19-25(10-4)27(12-6)23-29)30(16-14-8-2)32-28-20-18-24(9-3)26(11-5)22-28;/h18-23H,7-17H2,1-6H3;/b32-30+,33-31+;. The normalized spacial score (nSPS) is 12.1. The first-order valence-corrected chi connectivity index (χ1v) is 13.5. The third-order valence-corrected chi connectivity index (χ3v) is 6.55. The third kappa shape index (κ3) is 9.24. The van der Waals surface area contributed by atoms with Crippen LogP contribution in [0.1, 0.15) is 109 Å². The van der Waals surface area contributed by atoms with Crippen LogP contribution in [-0.2, 0) is 46.1 Å². The quantitative estimate of drug-likeness (QED) is 0.127. The Kier molecular flexibility index (Phi) is 15.2. The van der Waals surface area contributed by atoms with E-state index in [9.17, 15) is 0 Å². The first-order valence-electron chi connectivity index (χ1n) is 13.5. The summed E-state index contributed by atoms with van der Waals surface area (Å²) in [7, 11) is 0. The van der Waals surface area contributed by atoms with Crippen molar-refractivity contribution in [1.82, 2.24) is 0 Å². The Bertz CT molecular complexity index is 927. The van der Waals surface area contributed by atoms with Crippen LogP contribution in [0.25, 0.3) is 0 Å². The fourth-order valence-corrected chi connectivity index (χ4v) is 4.44. The number of hydrogen-bond donors (Lipinski definition) is 0. The zero-order chi connectivity index (χ0) is 24.1. The largest absolute Gasteiger partial charge is 0.252 e. The van der Waals surface area contributed by atoms with Crippen LogP contribution in [0.4, 0.5) is 11.4 Å². The van der Waals surface area contributed by atoms with Gasteiger partial charge in [0.25, 0.3) is 0 Å². The van der Waals surface area contributed by atoms with Gasteiger partial charge >= 0.3 is 0 Å². The van der Waals surface area contributed by atoms with Crippen LogP contribution < -0.4 is 0 Å². The number of aryl methyl sites for hydroxylation is 4. The van der Waals surface area contributed by atoms with Crippen LogP contribution in [-0.4, -0.2) is 11.4 Å². The number of rotatable bonds is 14. The number of aliphatic imine (C=N–C) groups is 2. The maximum Gasteiger partial charge on any atom is 0.0636 e. The molecule has 3 heteroatoms. The van der Waals surface area contributed by atoms with E-state index in [4.69, 9.17) is 9.98 Å². The molecule has 0 aliphatic carbocycles. The molecule has 0 atom stereocenters. The van der Waals surface area contributed by atoms with Crippen molar-refractivity contribution in [2.75, 3.05) is 0 Å². The molecule has 0 spiro atoms. The predicted molar refractivity (Wildman–Crippen MR) is 148 cm³/mol. The number of benzene rings is 2. The topological polar surface area (TPSA) is 24.7 Å². The molecule has 0 fully saturated rings. The van der Waals surface area contributed by atoms with Crippen LogP contribution in [0.2, 0.25) is 0 Å². The summed E-state index contributed by atoms with van der Waals surface area (Å²) < 4.78 is 0. The van der Waals surface area contributed by atoms with Crippen LogP contribution >= 0.6 is 0 Å². The molecule has 34 heavy (non-hydrogen) atoms. The molecule has 0 bridgehead atoms. The molecule has 0 radical (unpaired) electrons. The van der Waals surface area contributed by atoms with Crippen molar-refractivity contribution in [3.8, 4) is 0 Å². The zero-order valence-electron chi connectivity index (χ0n) is 22.5. The third-order valence-electron chi connectivity index (χ3n) is 6.55. The summed E-state index contributed by atoms with van der Waals surface area (Å²) in [6, 6.07) is 13.5. The Morgan fingerprint density at radius 2 is 0.941 bits per heavy atom. The van der Waals surface area contributed by atoms with Crippen molar-refractivity contribution >= 4 is 22.8 Å². The Morgan fingerprint density at radius 1 is 0.529 bits per heavy atom. The maximum atomic E-state index is 5.23. The number of nitrogens with zero attached hydrogens (tertiary/aromatic N) is 2. The van der Waals surface area contributed by atoms with Gasteiger partial charge in [-0.05, 0) is 97.9 Å². The van der Waals surface area contributed by atoms with Crippen molar-refractivity contribution in [1.29, 1.82) is 0 Å². The minimum absolute atomic E-state index is 0. The van der Waals surface area contributed by atoms with E-state index < -0.39 is 0 Å². The van der Waals surface area contributed by atoms with E-state index in [0.717, 1.165) is 56.3 Å². The monoisotopic (exact) mass is 552 g/mol. The van der Waals surface area contributed by atoms with Gasteiger partial charge in [-0.2, -0.15) is 0 Å². The average molecular weight is 553 g/mol. The van der Waals surface area contributed by atoms with Gasteiger partial charge in [-0.3, -0.25) is 9.98 Å². The van der Waals surface area contributed by atoms with Gasteiger partial charge in [0, 0.05) is 20.4 Å². The summed E-state index contributed by atoms with van der Waals surface area (Å²) in [6.07, 6.45) is 12.2. The van der Waals surface area contributed by atoms with Crippen LogP contribution in [0.15, 0.2) is 46.4 Å². The maximum absolute atomic E-state index is 5.23. The first-order chi connectivity index (χ1) is 16.1. The summed E-state index contributed by atoms with van der Waals surface area (Å²) in [5.74, 6) is 0. The molecule has 2 rings (SSSR count). The molecule has 0 heterocycles. The number of hydrogen-bond acceptors (Lipinski definition) is 2. The summed E-state index contributed by atoms with van der Waals surface area (Å²) >= 11 is 0. The van der Waals surface area contributed by atoms with E-state index in [-0.39, 0.29) is 20.4 Å². The first kappa shape index (κ1) is 30.5. The fourth-order valence-electron chi connectivity index (χ4n) is 4.44. The SMILES string of the molecule is CCCCCC(=N\c1ccc(CC)c(CC)c1)/C(CCCC)=N/c1ccc(CC)c(CC)c1.[Pd]. The summed E-state index contributed by atoms with van der Waals surface area (Å²) in [5.41, 5.74) is 10.2. The van der Waals surface area contributed by atoms with Gasteiger partial charge in [-0.25, -0.2) is 0 Å². The van der Waals surface area contributed by atoms with Crippen LogP contribution in [0, 0.1) is 0 Å². The van der Waals surface area contributed by atoms with Gasteiger partial charge in [0.05, 0.1) is 22.8 Å². The molecular formula is C31H46N2Pd. The Labute approximate surface area is 223 Å². The smallest absolute Gasteiger partial charge is 0.0636 e. The molecule has 0 amide bonds. The van der Waals surface area contributed by atoms with Gasteiger partial charge in [0.2, 0.25) is 0 Å². The van der Waals surface area contributed by atoms with Gasteiger partial charge in [-0.1, -0.05) is 72.9 Å². The predicted octanol–water partition coefficient (Wildman–Crippen LogP) is 9.55. The van der Waals surface area contributed by atoms with Crippen molar-refractivity contribution in [2.45, 2.75) is 112 Å². The molecule has 0 aliphatic heterocycles. The molecule has 190 valence electrons. The molecule has 2 aromatic rings. The Morgan fingerprint density at radius 3 is 1.32 bits per heavy atom. The zero-order valence-corrected chi connectivity index (χ0v) is 24.0. The van der Waals surface area contributed by atoms with E-state index in [2.05, 4.69) is 77.9 Å². The molecule has 0 N–H and O–H groups in total. The molecule has 2 aromatic carbocycles. The molecule has 0 aliphatic rings. The van der Waals surface area contributed by atoms with Crippen molar-refractivity contribution in [3.63, 3.8) is 0 Å². The summed E-state index contributed by atoms with van der Waals surface area (Å²) in [5, 5.41) is 0. The summed E-state index contributed by atoms with van der Waals surface area (Å²) in [6.45, 7) is 13.5. The second-order valence-corrected chi connectivity index (χ2v) is 9.00. The van der Waals surface area contributed by atoms with Crippen molar-refractivity contribution in [2.24, 2.45) is 9.98 Å². The molecule has 0 aromatic heterocycles. The van der Waals surface area contributed by atoms with Gasteiger partial charge in [-0.15, -0.1) is 0 Å². The Hall–Kier alpha value is -1.56. The summed E-state index contributed by atoms with van der Waals surface area (Å²) in [4.78, 5) is 10.4. The van der Waals surface area contributed by atoms with Crippen LogP contribution in [0.5, 0.6) is 0 Å². The molecular weight excluding hydrogens is 507 g/mol. The van der Waals surface area contributed by atoms with Gasteiger partial charge in [0.1, 0.15) is 0 Å². The van der Waals surface area contributed by atoms with Crippen molar-refractivity contribution in [3.05, 3.63) is 58.7 Å². The molecule has 2 nitrogen and oxygen atoms in total. The van der Waals surface area contributed by atoms with Crippen molar-refractivity contribution < 1.29 is 20.4 Å². The average Bonchev–Trinajstić information content (AvgIpc) is 2.85. The molecule has 0 unspecified atom stereocenters. The van der Waals surface area contributed by atoms with Gasteiger partial charge in [0.15, 0.2) is 0 Å². The van der Waals surface area contributed by atoms with Crippen LogP contribution in [0.3, 0.4) is 0 Å². The molecule has 0 saturated heterocycles. The van der Waals surface area contributed by atoms with E-state index in [1.807, 2.05) is 0 Å². The second kappa shape index (κ2) is 17.0. The molecule has 0 saturated carbocycles. The minimum Gasteiger partial charge on any atom is -0.252 e. The van der Waals surface area contributed by atoms with E-state index >= 15 is 0 Å². The number of unbranched alkanes of at least 4 members (excludes halogenated alkanes) is 3. The van der Waals surface area contributed by atoms with Gasteiger partial charge < -0.3 is 0 Å². The van der Waals surface area contributed by atoms with E-state index in [1.54, 1.807) is 0 Å². The van der Waals surface area contributed by atoms with E-state index in [1.165, 1.54) is 59.4 Å². The fraction of sp³-hybridized carbons (Fsp3) is 0.548. The Balaban J connectivity index is 0.00000578.